The van der Waals surface area contributed by atoms with E-state index in [1.54, 1.807) is 55.5 Å². The molecule has 1 aromatic heterocycles. The molecule has 0 spiro atoms. The van der Waals surface area contributed by atoms with Crippen LogP contribution in [0, 0.1) is 17.0 Å². The second kappa shape index (κ2) is 4.65. The number of aromatic nitrogens is 2. The van der Waals surface area contributed by atoms with Crippen LogP contribution in [0.15, 0.2) is 48.5 Å². The molecular formula is C15H11ClN2O2. The fraction of sp³-hybridized carbons (Fsp3) is 0.0667. The SMILES string of the molecule is Cc1c(-c2ccc(Cl)cc2)[n+](=O)c2ccccc2n1[O-]. The van der Waals surface area contributed by atoms with Gasteiger partial charge >= 0.3 is 0 Å². The molecule has 0 fully saturated rings. The number of fused-ring (bicyclic) bond motifs is 1. The Labute approximate surface area is 120 Å². The maximum atomic E-state index is 12.5. The van der Waals surface area contributed by atoms with Crippen molar-refractivity contribution in [1.29, 1.82) is 0 Å². The van der Waals surface area contributed by atoms with Gasteiger partial charge in [0.25, 0.3) is 11.2 Å². The molecule has 3 rings (SSSR count). The highest BCUT2D eigenvalue weighted by molar-refractivity contribution is 6.30. The minimum Gasteiger partial charge on any atom is -0.805 e. The molecular weight excluding hydrogens is 276 g/mol. The largest absolute Gasteiger partial charge is 0.805 e. The Morgan fingerprint density at radius 1 is 1.10 bits per heavy atom. The van der Waals surface area contributed by atoms with Crippen LogP contribution >= 0.6 is 11.6 Å². The second-order valence-electron chi connectivity index (χ2n) is 4.52. The van der Waals surface area contributed by atoms with E-state index in [1.165, 1.54) is 0 Å². The summed E-state index contributed by atoms with van der Waals surface area (Å²) in [4.78, 5) is 12.5. The summed E-state index contributed by atoms with van der Waals surface area (Å²) in [5, 5.41) is 12.9. The monoisotopic (exact) mass is 286 g/mol. The molecule has 0 saturated heterocycles. The lowest BCUT2D eigenvalue weighted by Crippen LogP contribution is -2.23. The molecule has 0 unspecified atom stereocenters. The van der Waals surface area contributed by atoms with E-state index in [1.807, 2.05) is 0 Å². The standard InChI is InChI=1S/C15H11ClN2O2/c1-10-15(11-6-8-12(16)9-7-11)18(20)14-5-3-2-4-13(14)17(10)19/h2-9H,1H3. The van der Waals surface area contributed by atoms with Crippen LogP contribution in [0.1, 0.15) is 5.69 Å². The Bertz CT molecular complexity index is 854. The van der Waals surface area contributed by atoms with E-state index in [4.69, 9.17) is 11.6 Å². The topological polar surface area (TPSA) is 51.0 Å². The summed E-state index contributed by atoms with van der Waals surface area (Å²) in [5.41, 5.74) is 2.07. The molecule has 1 heterocycles. The maximum Gasteiger partial charge on any atom is 0.289 e. The van der Waals surface area contributed by atoms with Gasteiger partial charge in [-0.05, 0) is 37.3 Å². The van der Waals surface area contributed by atoms with Crippen molar-refractivity contribution in [2.24, 2.45) is 0 Å². The fourth-order valence-corrected chi connectivity index (χ4v) is 2.41. The summed E-state index contributed by atoms with van der Waals surface area (Å²) in [7, 11) is 0. The van der Waals surface area contributed by atoms with Gasteiger partial charge < -0.3 is 9.94 Å². The van der Waals surface area contributed by atoms with E-state index in [0.29, 0.717) is 33.0 Å². The van der Waals surface area contributed by atoms with E-state index in [0.717, 1.165) is 9.16 Å². The first kappa shape index (κ1) is 12.7. The van der Waals surface area contributed by atoms with Gasteiger partial charge in [-0.2, -0.15) is 0 Å². The Kier molecular flexibility index (Phi) is 2.95. The van der Waals surface area contributed by atoms with Gasteiger partial charge in [-0.3, -0.25) is 0 Å². The lowest BCUT2D eigenvalue weighted by Gasteiger charge is -2.16. The minimum absolute atomic E-state index is 0.343. The van der Waals surface area contributed by atoms with Gasteiger partial charge in [-0.15, -0.1) is 0 Å². The molecule has 0 aliphatic rings. The number of rotatable bonds is 1. The van der Waals surface area contributed by atoms with Gasteiger partial charge in [-0.25, -0.2) is 0 Å². The summed E-state index contributed by atoms with van der Waals surface area (Å²) in [6.45, 7) is 1.64. The predicted octanol–water partition coefficient (Wildman–Crippen LogP) is 3.53. The minimum atomic E-state index is 0.343. The molecule has 0 saturated carbocycles. The first-order valence-corrected chi connectivity index (χ1v) is 6.48. The Balaban J connectivity index is 2.42. The molecule has 2 aromatic carbocycles. The number of halogens is 1. The van der Waals surface area contributed by atoms with Crippen molar-refractivity contribution in [2.75, 3.05) is 0 Å². The van der Waals surface area contributed by atoms with Gasteiger partial charge in [0.05, 0.1) is 15.7 Å². The maximum absolute atomic E-state index is 12.5. The quantitative estimate of drug-likeness (QED) is 0.643. The molecule has 0 amide bonds. The molecule has 100 valence electrons. The van der Waals surface area contributed by atoms with E-state index in [-0.39, 0.29) is 0 Å². The summed E-state index contributed by atoms with van der Waals surface area (Å²) < 4.78 is 1.58. The smallest absolute Gasteiger partial charge is 0.289 e. The molecule has 0 atom stereocenters. The van der Waals surface area contributed by atoms with Crippen LogP contribution in [0.25, 0.3) is 22.3 Å². The van der Waals surface area contributed by atoms with Crippen molar-refractivity contribution < 1.29 is 4.43 Å². The number of para-hydroxylation sites is 2. The third-order valence-electron chi connectivity index (χ3n) is 3.29. The second-order valence-corrected chi connectivity index (χ2v) is 4.95. The van der Waals surface area contributed by atoms with Gasteiger partial charge in [0.15, 0.2) is 0 Å². The third-order valence-corrected chi connectivity index (χ3v) is 3.54. The molecule has 5 heteroatoms. The summed E-state index contributed by atoms with van der Waals surface area (Å²) in [6, 6.07) is 13.6. The fourth-order valence-electron chi connectivity index (χ4n) is 2.29. The van der Waals surface area contributed by atoms with Crippen LogP contribution in [0.2, 0.25) is 5.02 Å². The Morgan fingerprint density at radius 3 is 2.45 bits per heavy atom. The first-order chi connectivity index (χ1) is 9.59. The zero-order chi connectivity index (χ0) is 14.3. The Morgan fingerprint density at radius 2 is 1.75 bits per heavy atom. The molecule has 0 radical (unpaired) electrons. The van der Waals surface area contributed by atoms with E-state index < -0.39 is 0 Å². The Hall–Kier alpha value is -2.33. The van der Waals surface area contributed by atoms with Crippen molar-refractivity contribution >= 4 is 22.6 Å². The van der Waals surface area contributed by atoms with Gasteiger partial charge in [0, 0.05) is 16.0 Å². The van der Waals surface area contributed by atoms with Crippen LogP contribution in [-0.2, 0) is 0 Å². The van der Waals surface area contributed by atoms with Crippen LogP contribution < -0.4 is 4.43 Å². The summed E-state index contributed by atoms with van der Waals surface area (Å²) in [6.07, 6.45) is 0. The zero-order valence-corrected chi connectivity index (χ0v) is 11.5. The molecule has 3 aromatic rings. The summed E-state index contributed by atoms with van der Waals surface area (Å²) >= 11 is 5.85. The normalized spacial score (nSPS) is 10.9. The highest BCUT2D eigenvalue weighted by atomic mass is 35.5. The van der Waals surface area contributed by atoms with E-state index in [9.17, 15) is 10.1 Å². The van der Waals surface area contributed by atoms with Crippen LogP contribution in [0.5, 0.6) is 0 Å². The number of hydrogen-bond donors (Lipinski definition) is 0. The lowest BCUT2D eigenvalue weighted by atomic mass is 10.1. The van der Waals surface area contributed by atoms with Gasteiger partial charge in [0.2, 0.25) is 0 Å². The van der Waals surface area contributed by atoms with E-state index >= 15 is 0 Å². The number of nitrogens with zero attached hydrogens (tertiary/aromatic N) is 2. The molecule has 4 nitrogen and oxygen atoms in total. The first-order valence-electron chi connectivity index (χ1n) is 6.10. The van der Waals surface area contributed by atoms with Gasteiger partial charge in [0.1, 0.15) is 5.52 Å². The van der Waals surface area contributed by atoms with Crippen molar-refractivity contribution in [2.45, 2.75) is 6.92 Å². The average molecular weight is 287 g/mol. The van der Waals surface area contributed by atoms with Crippen molar-refractivity contribution in [3.05, 3.63) is 69.4 Å². The molecule has 0 N–H and O–H groups in total. The van der Waals surface area contributed by atoms with E-state index in [2.05, 4.69) is 0 Å². The molecule has 0 aliphatic carbocycles. The van der Waals surface area contributed by atoms with Crippen molar-refractivity contribution in [3.8, 4) is 11.3 Å². The van der Waals surface area contributed by atoms with Crippen molar-refractivity contribution in [1.82, 2.24) is 4.73 Å². The molecule has 0 aliphatic heterocycles. The van der Waals surface area contributed by atoms with Crippen LogP contribution in [0.3, 0.4) is 0 Å². The molecule has 20 heavy (non-hydrogen) atoms. The highest BCUT2D eigenvalue weighted by Crippen LogP contribution is 2.23. The highest BCUT2D eigenvalue weighted by Gasteiger charge is 2.21. The van der Waals surface area contributed by atoms with Gasteiger partial charge in [-0.1, -0.05) is 23.7 Å². The zero-order valence-electron chi connectivity index (χ0n) is 10.7. The lowest BCUT2D eigenvalue weighted by molar-refractivity contribution is -0.452. The third kappa shape index (κ3) is 1.85. The van der Waals surface area contributed by atoms with Crippen molar-refractivity contribution in [3.63, 3.8) is 0 Å². The van der Waals surface area contributed by atoms with Crippen LogP contribution in [-0.4, -0.2) is 4.73 Å². The predicted molar refractivity (Wildman–Crippen MR) is 79.3 cm³/mol. The number of benzene rings is 2. The van der Waals surface area contributed by atoms with Crippen LogP contribution in [0.4, 0.5) is 0 Å². The summed E-state index contributed by atoms with van der Waals surface area (Å²) in [5.74, 6) is 0. The average Bonchev–Trinajstić information content (AvgIpc) is 2.47. The molecule has 0 bridgehead atoms. The number of hydrogen-bond acceptors (Lipinski definition) is 2.